The Morgan fingerprint density at radius 2 is 2.00 bits per heavy atom. The van der Waals surface area contributed by atoms with Crippen LogP contribution >= 0.6 is 0 Å². The van der Waals surface area contributed by atoms with E-state index in [1.807, 2.05) is 0 Å². The minimum atomic E-state index is -0.557. The zero-order chi connectivity index (χ0) is 18.9. The molecule has 1 rings (SSSR count). The Balaban J connectivity index is 2.58. The highest BCUT2D eigenvalue weighted by atomic mass is 16.6. The van der Waals surface area contributed by atoms with Gasteiger partial charge in [-0.3, -0.25) is 4.79 Å². The van der Waals surface area contributed by atoms with Gasteiger partial charge in [-0.15, -0.1) is 0 Å². The molecule has 0 aliphatic rings. The van der Waals surface area contributed by atoms with Gasteiger partial charge in [-0.1, -0.05) is 19.8 Å². The third kappa shape index (κ3) is 8.58. The Morgan fingerprint density at radius 1 is 1.28 bits per heavy atom. The monoisotopic (exact) mass is 354 g/mol. The van der Waals surface area contributed by atoms with E-state index in [2.05, 4.69) is 17.6 Å². The first-order chi connectivity index (χ1) is 11.7. The molecule has 1 aromatic heterocycles. The Kier molecular flexibility index (Phi) is 8.48. The van der Waals surface area contributed by atoms with Crippen molar-refractivity contribution in [3.8, 4) is 0 Å². The second-order valence-corrected chi connectivity index (χ2v) is 6.89. The van der Waals surface area contributed by atoms with Crippen LogP contribution in [0.4, 0.5) is 4.79 Å². The van der Waals surface area contributed by atoms with Crippen molar-refractivity contribution in [2.75, 3.05) is 13.7 Å². The van der Waals surface area contributed by atoms with E-state index in [0.717, 1.165) is 19.3 Å². The number of alkyl carbamates (subject to hydrolysis) is 1. The van der Waals surface area contributed by atoms with Gasteiger partial charge < -0.3 is 24.5 Å². The van der Waals surface area contributed by atoms with Crippen LogP contribution in [0.2, 0.25) is 0 Å². The average Bonchev–Trinajstić information content (AvgIpc) is 2.97. The topological polar surface area (TPSA) is 89.8 Å². The summed E-state index contributed by atoms with van der Waals surface area (Å²) in [6.07, 6.45) is 2.19. The highest BCUT2D eigenvalue weighted by Gasteiger charge is 2.20. The molecule has 0 unspecified atom stereocenters. The van der Waals surface area contributed by atoms with Crippen molar-refractivity contribution < 1.29 is 23.5 Å². The molecule has 2 amide bonds. The molecule has 142 valence electrons. The van der Waals surface area contributed by atoms with Crippen LogP contribution < -0.4 is 10.6 Å². The first-order valence-corrected chi connectivity index (χ1v) is 8.60. The number of amides is 2. The number of carbonyl (C=O) groups excluding carboxylic acids is 2. The number of nitrogens with one attached hydrogen (secondary N) is 2. The van der Waals surface area contributed by atoms with E-state index in [4.69, 9.17) is 13.9 Å². The highest BCUT2D eigenvalue weighted by molar-refractivity contribution is 5.91. The molecule has 2 N–H and O–H groups in total. The quantitative estimate of drug-likeness (QED) is 0.710. The molecule has 0 aliphatic heterocycles. The van der Waals surface area contributed by atoms with Gasteiger partial charge in [-0.05, 0) is 39.3 Å². The molecule has 7 nitrogen and oxygen atoms in total. The second kappa shape index (κ2) is 10.1. The predicted molar refractivity (Wildman–Crippen MR) is 94.4 cm³/mol. The lowest BCUT2D eigenvalue weighted by molar-refractivity contribution is 0.0518. The average molecular weight is 354 g/mol. The van der Waals surface area contributed by atoms with Crippen LogP contribution in [0.3, 0.4) is 0 Å². The molecule has 7 heteroatoms. The number of methoxy groups -OCH3 is 1. The highest BCUT2D eigenvalue weighted by Crippen LogP contribution is 2.10. The molecule has 1 heterocycles. The van der Waals surface area contributed by atoms with Gasteiger partial charge in [0.1, 0.15) is 18.0 Å². The lowest BCUT2D eigenvalue weighted by atomic mass is 10.1. The standard InChI is InChI=1S/C18H30N2O5/c1-6-7-8-13(11-19-17(22)25-18(2,3)4)20-16(21)15-10-9-14(24-15)12-23-5/h9-10,13H,6-8,11-12H2,1-5H3,(H,19,22)(H,20,21)/t13-/m0/s1. The van der Waals surface area contributed by atoms with E-state index >= 15 is 0 Å². The van der Waals surface area contributed by atoms with E-state index in [0.29, 0.717) is 18.9 Å². The Labute approximate surface area is 149 Å². The van der Waals surface area contributed by atoms with Crippen molar-refractivity contribution in [3.05, 3.63) is 23.7 Å². The Hall–Kier alpha value is -2.02. The molecule has 0 saturated carbocycles. The molecule has 0 aromatic carbocycles. The van der Waals surface area contributed by atoms with Gasteiger partial charge >= 0.3 is 6.09 Å². The molecule has 0 radical (unpaired) electrons. The summed E-state index contributed by atoms with van der Waals surface area (Å²) in [5.41, 5.74) is -0.557. The SMILES string of the molecule is CCCC[C@@H](CNC(=O)OC(C)(C)C)NC(=O)c1ccc(COC)o1. The molecule has 0 spiro atoms. The minimum Gasteiger partial charge on any atom is -0.453 e. The third-order valence-electron chi connectivity index (χ3n) is 3.31. The van der Waals surface area contributed by atoms with Gasteiger partial charge in [-0.25, -0.2) is 4.79 Å². The van der Waals surface area contributed by atoms with Gasteiger partial charge in [0.25, 0.3) is 5.91 Å². The van der Waals surface area contributed by atoms with Crippen molar-refractivity contribution in [1.29, 1.82) is 0 Å². The fourth-order valence-corrected chi connectivity index (χ4v) is 2.17. The van der Waals surface area contributed by atoms with E-state index < -0.39 is 11.7 Å². The molecule has 0 fully saturated rings. The van der Waals surface area contributed by atoms with Crippen molar-refractivity contribution in [1.82, 2.24) is 10.6 Å². The predicted octanol–water partition coefficient (Wildman–Crippen LogP) is 3.24. The molecule has 0 saturated heterocycles. The van der Waals surface area contributed by atoms with E-state index in [1.165, 1.54) is 0 Å². The Bertz CT molecular complexity index is 548. The van der Waals surface area contributed by atoms with Crippen molar-refractivity contribution in [2.24, 2.45) is 0 Å². The van der Waals surface area contributed by atoms with Crippen LogP contribution in [0, 0.1) is 0 Å². The van der Waals surface area contributed by atoms with Crippen LogP contribution in [0.1, 0.15) is 63.3 Å². The number of furan rings is 1. The molecule has 0 aliphatic carbocycles. The summed E-state index contributed by atoms with van der Waals surface area (Å²) >= 11 is 0. The maximum absolute atomic E-state index is 12.3. The fourth-order valence-electron chi connectivity index (χ4n) is 2.17. The summed E-state index contributed by atoms with van der Waals surface area (Å²) in [6, 6.07) is 3.12. The van der Waals surface area contributed by atoms with Crippen LogP contribution in [0.5, 0.6) is 0 Å². The fraction of sp³-hybridized carbons (Fsp3) is 0.667. The van der Waals surface area contributed by atoms with Gasteiger partial charge in [0.05, 0.1) is 0 Å². The summed E-state index contributed by atoms with van der Waals surface area (Å²) < 4.78 is 15.6. The zero-order valence-corrected chi connectivity index (χ0v) is 15.8. The maximum atomic E-state index is 12.3. The zero-order valence-electron chi connectivity index (χ0n) is 15.8. The smallest absolute Gasteiger partial charge is 0.407 e. The Morgan fingerprint density at radius 3 is 2.60 bits per heavy atom. The van der Waals surface area contributed by atoms with Gasteiger partial charge in [0.15, 0.2) is 5.76 Å². The van der Waals surface area contributed by atoms with Gasteiger partial charge in [0.2, 0.25) is 0 Å². The number of hydrogen-bond acceptors (Lipinski definition) is 5. The molecular weight excluding hydrogens is 324 g/mol. The van der Waals surface area contributed by atoms with E-state index in [1.54, 1.807) is 40.0 Å². The maximum Gasteiger partial charge on any atom is 0.407 e. The summed E-state index contributed by atoms with van der Waals surface area (Å²) in [4.78, 5) is 24.1. The van der Waals surface area contributed by atoms with E-state index in [-0.39, 0.29) is 17.7 Å². The van der Waals surface area contributed by atoms with Crippen LogP contribution in [0.15, 0.2) is 16.5 Å². The third-order valence-corrected chi connectivity index (χ3v) is 3.31. The molecule has 1 atom stereocenters. The number of carbonyl (C=O) groups is 2. The molecule has 25 heavy (non-hydrogen) atoms. The summed E-state index contributed by atoms with van der Waals surface area (Å²) in [6.45, 7) is 8.09. The van der Waals surface area contributed by atoms with Gasteiger partial charge in [0, 0.05) is 19.7 Å². The molecule has 1 aromatic rings. The van der Waals surface area contributed by atoms with Crippen molar-refractivity contribution in [3.63, 3.8) is 0 Å². The minimum absolute atomic E-state index is 0.198. The van der Waals surface area contributed by atoms with Crippen LogP contribution in [-0.2, 0) is 16.1 Å². The van der Waals surface area contributed by atoms with Crippen molar-refractivity contribution in [2.45, 2.75) is 65.2 Å². The molecular formula is C18H30N2O5. The number of unbranched alkanes of at least 4 members (excludes halogenated alkanes) is 1. The lowest BCUT2D eigenvalue weighted by Crippen LogP contribution is -2.44. The summed E-state index contributed by atoms with van der Waals surface area (Å²) in [5.74, 6) is 0.505. The summed E-state index contributed by atoms with van der Waals surface area (Å²) in [7, 11) is 1.56. The normalized spacial score (nSPS) is 12.5. The van der Waals surface area contributed by atoms with Crippen LogP contribution in [0.25, 0.3) is 0 Å². The van der Waals surface area contributed by atoms with Crippen LogP contribution in [-0.4, -0.2) is 37.3 Å². The van der Waals surface area contributed by atoms with E-state index in [9.17, 15) is 9.59 Å². The van der Waals surface area contributed by atoms with Crippen molar-refractivity contribution >= 4 is 12.0 Å². The second-order valence-electron chi connectivity index (χ2n) is 6.89. The number of ether oxygens (including phenoxy) is 2. The number of hydrogen-bond donors (Lipinski definition) is 2. The molecule has 0 bridgehead atoms. The first kappa shape index (κ1) is 21.0. The first-order valence-electron chi connectivity index (χ1n) is 8.60. The lowest BCUT2D eigenvalue weighted by Gasteiger charge is -2.22. The largest absolute Gasteiger partial charge is 0.453 e. The summed E-state index contributed by atoms with van der Waals surface area (Å²) in [5, 5.41) is 5.60. The number of rotatable bonds is 9. The van der Waals surface area contributed by atoms with Gasteiger partial charge in [-0.2, -0.15) is 0 Å².